The summed E-state index contributed by atoms with van der Waals surface area (Å²) in [6, 6.07) is 2.15. The van der Waals surface area contributed by atoms with Crippen LogP contribution in [0.4, 0.5) is 5.82 Å². The molecule has 0 bridgehead atoms. The Bertz CT molecular complexity index is 744. The topological polar surface area (TPSA) is 90.9 Å². The average molecular weight is 325 g/mol. The fraction of sp³-hybridized carbons (Fsp3) is 0.562. The molecular weight excluding hydrogens is 306 g/mol. The summed E-state index contributed by atoms with van der Waals surface area (Å²) in [4.78, 5) is 29.4. The van der Waals surface area contributed by atoms with Gasteiger partial charge in [-0.25, -0.2) is 15.0 Å². The van der Waals surface area contributed by atoms with Gasteiger partial charge >= 0.3 is 0 Å². The fourth-order valence-electron chi connectivity index (χ4n) is 3.94. The summed E-state index contributed by atoms with van der Waals surface area (Å²) >= 11 is 0. The van der Waals surface area contributed by atoms with Crippen molar-refractivity contribution < 1.29 is 4.79 Å². The molecule has 0 spiro atoms. The number of carbonyl (C=O) groups is 1. The van der Waals surface area contributed by atoms with Gasteiger partial charge in [0.25, 0.3) is 5.91 Å². The van der Waals surface area contributed by atoms with Gasteiger partial charge in [-0.1, -0.05) is 0 Å². The number of likely N-dealkylation sites (tertiary alicyclic amines) is 1. The number of aromatic amines is 1. The average Bonchev–Trinajstić information content (AvgIpc) is 2.99. The number of aromatic nitrogens is 5. The van der Waals surface area contributed by atoms with Crippen LogP contribution in [0.2, 0.25) is 0 Å². The summed E-state index contributed by atoms with van der Waals surface area (Å²) in [7, 11) is 0. The molecule has 0 radical (unpaired) electrons. The maximum Gasteiger partial charge on any atom is 0.291 e. The van der Waals surface area contributed by atoms with E-state index >= 15 is 0 Å². The highest BCUT2D eigenvalue weighted by Crippen LogP contribution is 2.40. The summed E-state index contributed by atoms with van der Waals surface area (Å²) in [5.74, 6) is 2.95. The third-order valence-electron chi connectivity index (χ3n) is 5.38. The van der Waals surface area contributed by atoms with Gasteiger partial charge in [0.05, 0.1) is 0 Å². The maximum absolute atomic E-state index is 12.4. The molecular formula is C16H19N7O. The highest BCUT2D eigenvalue weighted by Gasteiger charge is 2.42. The Balaban J connectivity index is 1.27. The van der Waals surface area contributed by atoms with Crippen molar-refractivity contribution in [2.24, 2.45) is 11.8 Å². The molecule has 124 valence electrons. The van der Waals surface area contributed by atoms with Crippen LogP contribution in [-0.4, -0.2) is 62.1 Å². The number of fused-ring (bicyclic) bond motifs is 1. The molecule has 5 rings (SSSR count). The molecule has 8 heteroatoms. The first-order valence-electron chi connectivity index (χ1n) is 8.49. The molecule has 2 aliphatic heterocycles. The van der Waals surface area contributed by atoms with E-state index in [4.69, 9.17) is 0 Å². The van der Waals surface area contributed by atoms with Crippen molar-refractivity contribution in [3.63, 3.8) is 0 Å². The molecule has 2 saturated heterocycles. The van der Waals surface area contributed by atoms with Crippen LogP contribution in [0.5, 0.6) is 0 Å². The summed E-state index contributed by atoms with van der Waals surface area (Å²) in [6.45, 7) is 3.46. The number of rotatable bonds is 3. The van der Waals surface area contributed by atoms with Gasteiger partial charge in [-0.05, 0) is 12.8 Å². The number of nitrogens with one attached hydrogen (secondary N) is 1. The molecule has 8 nitrogen and oxygen atoms in total. The second kappa shape index (κ2) is 5.25. The number of H-pyrrole nitrogens is 1. The lowest BCUT2D eigenvalue weighted by atomic mass is 10.0. The predicted molar refractivity (Wildman–Crippen MR) is 85.5 cm³/mol. The first-order chi connectivity index (χ1) is 11.8. The SMILES string of the molecule is O=C(c1ncn[nH]1)N1CC2CN(c3cc(C4CC4)ncn3)CC2C1. The summed E-state index contributed by atoms with van der Waals surface area (Å²) < 4.78 is 0. The van der Waals surface area contributed by atoms with Gasteiger partial charge < -0.3 is 9.80 Å². The Kier molecular flexibility index (Phi) is 3.04. The van der Waals surface area contributed by atoms with E-state index < -0.39 is 0 Å². The normalized spacial score (nSPS) is 26.0. The van der Waals surface area contributed by atoms with Crippen molar-refractivity contribution in [1.29, 1.82) is 0 Å². The van der Waals surface area contributed by atoms with Crippen LogP contribution >= 0.6 is 0 Å². The van der Waals surface area contributed by atoms with Crippen LogP contribution in [0.1, 0.15) is 35.1 Å². The lowest BCUT2D eigenvalue weighted by Crippen LogP contribution is -2.34. The molecule has 3 aliphatic rings. The van der Waals surface area contributed by atoms with Crippen LogP contribution in [0.15, 0.2) is 18.7 Å². The minimum Gasteiger partial charge on any atom is -0.356 e. The maximum atomic E-state index is 12.4. The smallest absolute Gasteiger partial charge is 0.291 e. The molecule has 1 saturated carbocycles. The van der Waals surface area contributed by atoms with Gasteiger partial charge in [-0.3, -0.25) is 9.89 Å². The number of carbonyl (C=O) groups excluding carboxylic acids is 1. The van der Waals surface area contributed by atoms with Gasteiger partial charge in [0.1, 0.15) is 18.5 Å². The van der Waals surface area contributed by atoms with Crippen molar-refractivity contribution in [3.8, 4) is 0 Å². The van der Waals surface area contributed by atoms with E-state index in [2.05, 4.69) is 36.1 Å². The highest BCUT2D eigenvalue weighted by atomic mass is 16.2. The molecule has 0 aromatic carbocycles. The van der Waals surface area contributed by atoms with Gasteiger partial charge in [0.15, 0.2) is 0 Å². The summed E-state index contributed by atoms with van der Waals surface area (Å²) in [6.07, 6.45) is 5.57. The largest absolute Gasteiger partial charge is 0.356 e. The van der Waals surface area contributed by atoms with Crippen LogP contribution in [0, 0.1) is 11.8 Å². The number of hydrogen-bond donors (Lipinski definition) is 1. The monoisotopic (exact) mass is 325 g/mol. The Morgan fingerprint density at radius 2 is 1.83 bits per heavy atom. The number of nitrogens with zero attached hydrogens (tertiary/aromatic N) is 6. The fourth-order valence-corrected chi connectivity index (χ4v) is 3.94. The van der Waals surface area contributed by atoms with Crippen LogP contribution in [-0.2, 0) is 0 Å². The minimum atomic E-state index is -0.0495. The third kappa shape index (κ3) is 2.33. The molecule has 2 aromatic heterocycles. The van der Waals surface area contributed by atoms with E-state index in [-0.39, 0.29) is 5.91 Å². The molecule has 2 atom stereocenters. The molecule has 1 N–H and O–H groups in total. The minimum absolute atomic E-state index is 0.0495. The van der Waals surface area contributed by atoms with Crippen molar-refractivity contribution in [1.82, 2.24) is 30.0 Å². The van der Waals surface area contributed by atoms with E-state index in [0.29, 0.717) is 23.6 Å². The zero-order valence-electron chi connectivity index (χ0n) is 13.3. The molecule has 3 fully saturated rings. The Morgan fingerprint density at radius 1 is 1.04 bits per heavy atom. The van der Waals surface area contributed by atoms with Crippen molar-refractivity contribution in [2.45, 2.75) is 18.8 Å². The third-order valence-corrected chi connectivity index (χ3v) is 5.38. The van der Waals surface area contributed by atoms with Crippen LogP contribution in [0.3, 0.4) is 0 Å². The van der Waals surface area contributed by atoms with Crippen LogP contribution in [0.25, 0.3) is 0 Å². The number of hydrogen-bond acceptors (Lipinski definition) is 6. The Morgan fingerprint density at radius 3 is 2.50 bits per heavy atom. The Labute approximate surface area is 139 Å². The van der Waals surface area contributed by atoms with Crippen molar-refractivity contribution in [2.75, 3.05) is 31.1 Å². The first-order valence-corrected chi connectivity index (χ1v) is 8.49. The molecule has 1 amide bonds. The number of amides is 1. The van der Waals surface area contributed by atoms with E-state index in [1.165, 1.54) is 24.9 Å². The summed E-state index contributed by atoms with van der Waals surface area (Å²) in [5, 5.41) is 6.42. The quantitative estimate of drug-likeness (QED) is 0.892. The van der Waals surface area contributed by atoms with E-state index in [1.807, 2.05) is 4.90 Å². The predicted octanol–water partition coefficient (Wildman–Crippen LogP) is 0.680. The van der Waals surface area contributed by atoms with Crippen molar-refractivity contribution >= 4 is 11.7 Å². The molecule has 24 heavy (non-hydrogen) atoms. The van der Waals surface area contributed by atoms with E-state index in [1.54, 1.807) is 6.33 Å². The van der Waals surface area contributed by atoms with Gasteiger partial charge in [0.2, 0.25) is 5.82 Å². The molecule has 1 aliphatic carbocycles. The lowest BCUT2D eigenvalue weighted by molar-refractivity contribution is 0.0771. The summed E-state index contributed by atoms with van der Waals surface area (Å²) in [5.41, 5.74) is 1.18. The highest BCUT2D eigenvalue weighted by molar-refractivity contribution is 5.90. The molecule has 4 heterocycles. The van der Waals surface area contributed by atoms with Gasteiger partial charge in [0, 0.05) is 55.7 Å². The molecule has 2 unspecified atom stereocenters. The second-order valence-electron chi connectivity index (χ2n) is 7.04. The zero-order valence-corrected chi connectivity index (χ0v) is 13.3. The Hall–Kier alpha value is -2.51. The van der Waals surface area contributed by atoms with E-state index in [9.17, 15) is 4.79 Å². The van der Waals surface area contributed by atoms with E-state index in [0.717, 1.165) is 32.0 Å². The lowest BCUT2D eigenvalue weighted by Gasteiger charge is -2.22. The van der Waals surface area contributed by atoms with Gasteiger partial charge in [-0.2, -0.15) is 5.10 Å². The first kappa shape index (κ1) is 13.9. The molecule has 2 aromatic rings. The zero-order chi connectivity index (χ0) is 16.1. The second-order valence-corrected chi connectivity index (χ2v) is 7.04. The standard InChI is InChI=1S/C16H19N7O/c24-16(15-19-9-20-21-15)23-6-11-4-22(5-12(11)7-23)14-3-13(10-1-2-10)17-8-18-14/h3,8-12H,1-2,4-7H2,(H,19,20,21). The number of anilines is 1. The van der Waals surface area contributed by atoms with Gasteiger partial charge in [-0.15, -0.1) is 0 Å². The van der Waals surface area contributed by atoms with Crippen LogP contribution < -0.4 is 4.90 Å². The van der Waals surface area contributed by atoms with Crippen molar-refractivity contribution in [3.05, 3.63) is 30.2 Å².